The minimum atomic E-state index is -1.23. The summed E-state index contributed by atoms with van der Waals surface area (Å²) in [5.41, 5.74) is 0. The molecular weight excluding hydrogens is 160 g/mol. The van der Waals surface area contributed by atoms with Gasteiger partial charge in [0.25, 0.3) is 0 Å². The smallest absolute Gasteiger partial charge is 0.332 e. The predicted molar refractivity (Wildman–Crippen MR) is 29.4 cm³/mol. The molecule has 8 N–H and O–H groups in total. The molecule has 56 valence electrons. The second-order valence-corrected chi connectivity index (χ2v) is 1.01. The average Bonchev–Trinajstić information content (AvgIpc) is 1.36. The summed E-state index contributed by atoms with van der Waals surface area (Å²) in [7, 11) is 0. The molecule has 1 unspecified atom stereocenters. The van der Waals surface area contributed by atoms with Gasteiger partial charge >= 0.3 is 5.97 Å². The molecule has 0 amide bonds. The van der Waals surface area contributed by atoms with Crippen LogP contribution in [0.5, 0.6) is 0 Å². The molecule has 0 aliphatic rings. The van der Waals surface area contributed by atoms with Crippen LogP contribution in [0, 0.1) is 0 Å². The van der Waals surface area contributed by atoms with E-state index in [0.717, 1.165) is 0 Å². The standard InChI is InChI=1S/C3H6O3.2H3N.Ti/c1-2(4)3(5)6;;;/h2,4H,1H3,(H,5,6);2*1H3;. The van der Waals surface area contributed by atoms with Crippen molar-refractivity contribution >= 4 is 5.97 Å². The quantitative estimate of drug-likeness (QED) is 0.406. The Hall–Kier alpha value is 0.0643. The van der Waals surface area contributed by atoms with Gasteiger partial charge in [-0.3, -0.25) is 0 Å². The number of aliphatic hydroxyl groups excluding tert-OH is 1. The zero-order valence-corrected chi connectivity index (χ0v) is 6.86. The monoisotopic (exact) mass is 172 g/mol. The Balaban J connectivity index is -0.0000000417. The van der Waals surface area contributed by atoms with Gasteiger partial charge in [0.05, 0.1) is 0 Å². The van der Waals surface area contributed by atoms with E-state index in [1.807, 2.05) is 0 Å². The maximum Gasteiger partial charge on any atom is 0.332 e. The van der Waals surface area contributed by atoms with Gasteiger partial charge in [-0.2, -0.15) is 0 Å². The van der Waals surface area contributed by atoms with E-state index >= 15 is 0 Å². The van der Waals surface area contributed by atoms with Gasteiger partial charge in [-0.1, -0.05) is 0 Å². The topological polar surface area (TPSA) is 128 Å². The maximum absolute atomic E-state index is 9.45. The van der Waals surface area contributed by atoms with Crippen LogP contribution in [0.4, 0.5) is 0 Å². The van der Waals surface area contributed by atoms with E-state index in [1.165, 1.54) is 6.92 Å². The Labute approximate surface area is 68.5 Å². The van der Waals surface area contributed by atoms with Gasteiger partial charge in [0.15, 0.2) is 0 Å². The molecule has 0 aromatic heterocycles. The van der Waals surface area contributed by atoms with Crippen molar-refractivity contribution in [1.82, 2.24) is 12.3 Å². The summed E-state index contributed by atoms with van der Waals surface area (Å²) in [5, 5.41) is 15.8. The Morgan fingerprint density at radius 2 is 1.56 bits per heavy atom. The molecule has 0 bridgehead atoms. The van der Waals surface area contributed by atoms with E-state index in [2.05, 4.69) is 0 Å². The zero-order chi connectivity index (χ0) is 5.15. The van der Waals surface area contributed by atoms with Crippen LogP contribution in [-0.2, 0) is 26.5 Å². The van der Waals surface area contributed by atoms with Gasteiger partial charge in [-0.05, 0) is 6.92 Å². The molecule has 0 saturated heterocycles. The average molecular weight is 172 g/mol. The van der Waals surface area contributed by atoms with Crippen molar-refractivity contribution in [2.45, 2.75) is 13.0 Å². The first kappa shape index (κ1) is 23.0. The molecule has 6 heteroatoms. The molecule has 1 atom stereocenters. The number of aliphatic carboxylic acids is 1. The molecule has 0 aromatic rings. The third-order valence-corrected chi connectivity index (χ3v) is 0.357. The van der Waals surface area contributed by atoms with Crippen molar-refractivity contribution in [3.63, 3.8) is 0 Å². The van der Waals surface area contributed by atoms with Gasteiger partial charge in [0.2, 0.25) is 0 Å². The van der Waals surface area contributed by atoms with E-state index in [9.17, 15) is 4.79 Å². The van der Waals surface area contributed by atoms with E-state index in [-0.39, 0.29) is 34.0 Å². The van der Waals surface area contributed by atoms with Crippen LogP contribution in [0.2, 0.25) is 0 Å². The van der Waals surface area contributed by atoms with Crippen LogP contribution in [0.3, 0.4) is 0 Å². The van der Waals surface area contributed by atoms with Crippen LogP contribution >= 0.6 is 0 Å². The molecule has 0 heterocycles. The molecule has 5 nitrogen and oxygen atoms in total. The maximum atomic E-state index is 9.45. The summed E-state index contributed by atoms with van der Waals surface area (Å²) in [4.78, 5) is 9.45. The number of aliphatic hydroxyl groups is 1. The SMILES string of the molecule is CC(O)C(=O)O.N.N.[Ti]. The van der Waals surface area contributed by atoms with Crippen molar-refractivity contribution in [1.29, 1.82) is 0 Å². The Morgan fingerprint density at radius 3 is 1.56 bits per heavy atom. The van der Waals surface area contributed by atoms with Gasteiger partial charge in [0.1, 0.15) is 6.10 Å². The minimum absolute atomic E-state index is 0. The molecular formula is C3H12N2O3Ti. The molecule has 0 rings (SSSR count). The molecule has 0 fully saturated rings. The normalized spacial score (nSPS) is 9.11. The molecule has 0 aliphatic carbocycles. The van der Waals surface area contributed by atoms with Crippen LogP contribution in [0.25, 0.3) is 0 Å². The first-order valence-electron chi connectivity index (χ1n) is 1.55. The third-order valence-electron chi connectivity index (χ3n) is 0.357. The number of carboxylic acid groups (broad SMARTS) is 1. The number of carbonyl (C=O) groups is 1. The summed E-state index contributed by atoms with van der Waals surface area (Å²) in [6.07, 6.45) is -1.23. The van der Waals surface area contributed by atoms with E-state index < -0.39 is 12.1 Å². The molecule has 0 radical (unpaired) electrons. The molecule has 0 spiro atoms. The third kappa shape index (κ3) is 18.0. The van der Waals surface area contributed by atoms with Crippen LogP contribution in [0.1, 0.15) is 6.92 Å². The number of rotatable bonds is 1. The summed E-state index contributed by atoms with van der Waals surface area (Å²) in [6.45, 7) is 1.20. The van der Waals surface area contributed by atoms with E-state index in [1.54, 1.807) is 0 Å². The van der Waals surface area contributed by atoms with Crippen molar-refractivity contribution in [2.75, 3.05) is 0 Å². The minimum Gasteiger partial charge on any atom is -0.479 e. The van der Waals surface area contributed by atoms with Gasteiger partial charge in [-0.25, -0.2) is 4.79 Å². The van der Waals surface area contributed by atoms with E-state index in [4.69, 9.17) is 10.2 Å². The van der Waals surface area contributed by atoms with Gasteiger partial charge in [0, 0.05) is 21.7 Å². The fraction of sp³-hybridized carbons (Fsp3) is 0.667. The number of hydrogen-bond acceptors (Lipinski definition) is 4. The van der Waals surface area contributed by atoms with Gasteiger partial charge < -0.3 is 22.5 Å². The first-order chi connectivity index (χ1) is 2.64. The second kappa shape index (κ2) is 10.9. The molecule has 0 aliphatic heterocycles. The van der Waals surface area contributed by atoms with Crippen LogP contribution in [0.15, 0.2) is 0 Å². The number of hydrogen-bond donors (Lipinski definition) is 4. The molecule has 9 heavy (non-hydrogen) atoms. The Morgan fingerprint density at radius 1 is 1.44 bits per heavy atom. The van der Waals surface area contributed by atoms with Gasteiger partial charge in [-0.15, -0.1) is 0 Å². The van der Waals surface area contributed by atoms with Crippen molar-refractivity contribution in [2.24, 2.45) is 0 Å². The largest absolute Gasteiger partial charge is 0.479 e. The van der Waals surface area contributed by atoms with Crippen molar-refractivity contribution < 1.29 is 36.7 Å². The summed E-state index contributed by atoms with van der Waals surface area (Å²) < 4.78 is 0. The first-order valence-corrected chi connectivity index (χ1v) is 1.55. The summed E-state index contributed by atoms with van der Waals surface area (Å²) in [6, 6.07) is 0. The fourth-order valence-electron chi connectivity index (χ4n) is 0. The van der Waals surface area contributed by atoms with E-state index in [0.29, 0.717) is 0 Å². The van der Waals surface area contributed by atoms with Crippen molar-refractivity contribution in [3.05, 3.63) is 0 Å². The van der Waals surface area contributed by atoms with Crippen molar-refractivity contribution in [3.8, 4) is 0 Å². The predicted octanol–water partition coefficient (Wildman–Crippen LogP) is -0.227. The number of carboxylic acids is 1. The Kier molecular flexibility index (Phi) is 27.9. The fourth-order valence-corrected chi connectivity index (χ4v) is 0. The molecule has 0 saturated carbocycles. The zero-order valence-electron chi connectivity index (χ0n) is 5.29. The van der Waals surface area contributed by atoms with Crippen LogP contribution in [-0.4, -0.2) is 22.3 Å². The summed E-state index contributed by atoms with van der Waals surface area (Å²) >= 11 is 0. The second-order valence-electron chi connectivity index (χ2n) is 1.01. The van der Waals surface area contributed by atoms with Crippen LogP contribution < -0.4 is 12.3 Å². The molecule has 0 aromatic carbocycles. The summed E-state index contributed by atoms with van der Waals surface area (Å²) in [5.74, 6) is -1.19. The Bertz CT molecular complexity index is 68.1.